The first kappa shape index (κ1) is 15.4. The zero-order chi connectivity index (χ0) is 14.4. The Morgan fingerprint density at radius 3 is 2.80 bits per heavy atom. The molecular formula is C13H22N4O2S. The van der Waals surface area contributed by atoms with E-state index in [4.69, 9.17) is 5.73 Å². The predicted molar refractivity (Wildman–Crippen MR) is 78.3 cm³/mol. The molecule has 1 unspecified atom stereocenters. The van der Waals surface area contributed by atoms with E-state index in [1.54, 1.807) is 12.4 Å². The van der Waals surface area contributed by atoms with Crippen LogP contribution >= 0.6 is 0 Å². The normalized spacial score (nSPS) is 20.9. The van der Waals surface area contributed by atoms with E-state index in [1.807, 2.05) is 12.1 Å². The van der Waals surface area contributed by atoms with E-state index in [2.05, 4.69) is 9.71 Å². The van der Waals surface area contributed by atoms with Crippen LogP contribution in [0.3, 0.4) is 0 Å². The number of rotatable bonds is 6. The molecule has 0 saturated carbocycles. The first-order valence-electron chi connectivity index (χ1n) is 6.99. The Morgan fingerprint density at radius 1 is 1.35 bits per heavy atom. The molecule has 1 atom stereocenters. The van der Waals surface area contributed by atoms with Crippen LogP contribution in [-0.2, 0) is 16.6 Å². The number of nitrogens with two attached hydrogens (primary N) is 1. The van der Waals surface area contributed by atoms with Crippen LogP contribution in [0, 0.1) is 0 Å². The Labute approximate surface area is 120 Å². The van der Waals surface area contributed by atoms with E-state index in [1.165, 1.54) is 4.31 Å². The van der Waals surface area contributed by atoms with Gasteiger partial charge >= 0.3 is 0 Å². The molecular weight excluding hydrogens is 276 g/mol. The van der Waals surface area contributed by atoms with Crippen LogP contribution in [0.15, 0.2) is 24.5 Å². The van der Waals surface area contributed by atoms with E-state index in [9.17, 15) is 8.42 Å². The van der Waals surface area contributed by atoms with Gasteiger partial charge in [-0.1, -0.05) is 6.42 Å². The van der Waals surface area contributed by atoms with Crippen LogP contribution in [0.2, 0.25) is 0 Å². The highest BCUT2D eigenvalue weighted by molar-refractivity contribution is 7.87. The van der Waals surface area contributed by atoms with Gasteiger partial charge in [0.25, 0.3) is 10.2 Å². The van der Waals surface area contributed by atoms with Crippen molar-refractivity contribution in [2.75, 3.05) is 19.6 Å². The fourth-order valence-electron chi connectivity index (χ4n) is 2.48. The molecule has 0 aromatic carbocycles. The summed E-state index contributed by atoms with van der Waals surface area (Å²) in [6.45, 7) is 1.33. The molecule has 20 heavy (non-hydrogen) atoms. The smallest absolute Gasteiger partial charge is 0.279 e. The number of aromatic nitrogens is 1. The lowest BCUT2D eigenvalue weighted by Gasteiger charge is -2.33. The molecule has 1 aromatic heterocycles. The molecule has 0 aliphatic carbocycles. The van der Waals surface area contributed by atoms with Crippen molar-refractivity contribution in [3.63, 3.8) is 0 Å². The van der Waals surface area contributed by atoms with Crippen LogP contribution < -0.4 is 10.5 Å². The molecule has 0 radical (unpaired) electrons. The van der Waals surface area contributed by atoms with Gasteiger partial charge in [0.15, 0.2) is 0 Å². The van der Waals surface area contributed by atoms with E-state index < -0.39 is 10.2 Å². The van der Waals surface area contributed by atoms with Crippen molar-refractivity contribution in [1.29, 1.82) is 0 Å². The SMILES string of the molecule is NCC1CCCCN1S(=O)(=O)NCCc1ccncc1. The lowest BCUT2D eigenvalue weighted by Crippen LogP contribution is -2.51. The topological polar surface area (TPSA) is 88.3 Å². The van der Waals surface area contributed by atoms with Crippen LogP contribution in [0.4, 0.5) is 0 Å². The van der Waals surface area contributed by atoms with Crippen molar-refractivity contribution in [3.05, 3.63) is 30.1 Å². The van der Waals surface area contributed by atoms with Crippen molar-refractivity contribution < 1.29 is 8.42 Å². The van der Waals surface area contributed by atoms with Crippen molar-refractivity contribution in [2.45, 2.75) is 31.7 Å². The van der Waals surface area contributed by atoms with Crippen molar-refractivity contribution in [1.82, 2.24) is 14.0 Å². The molecule has 1 aliphatic rings. The highest BCUT2D eigenvalue weighted by atomic mass is 32.2. The molecule has 0 amide bonds. The Bertz CT molecular complexity index is 506. The Kier molecular flexibility index (Phi) is 5.47. The summed E-state index contributed by atoms with van der Waals surface area (Å²) in [6, 6.07) is 3.71. The monoisotopic (exact) mass is 298 g/mol. The molecule has 2 rings (SSSR count). The minimum Gasteiger partial charge on any atom is -0.329 e. The van der Waals surface area contributed by atoms with E-state index >= 15 is 0 Å². The molecule has 1 aromatic rings. The molecule has 6 nitrogen and oxygen atoms in total. The predicted octanol–water partition coefficient (Wildman–Crippen LogP) is 0.272. The maximum atomic E-state index is 12.3. The number of pyridine rings is 1. The molecule has 1 fully saturated rings. The average Bonchev–Trinajstić information content (AvgIpc) is 2.48. The number of piperidine rings is 1. The molecule has 3 N–H and O–H groups in total. The standard InChI is InChI=1S/C13H22N4O2S/c14-11-13-3-1-2-10-17(13)20(18,19)16-9-6-12-4-7-15-8-5-12/h4-5,7-8,13,16H,1-3,6,9-11,14H2. The summed E-state index contributed by atoms with van der Waals surface area (Å²) in [5.74, 6) is 0. The highest BCUT2D eigenvalue weighted by Gasteiger charge is 2.30. The Hall–Kier alpha value is -1.02. The van der Waals surface area contributed by atoms with Gasteiger partial charge in [-0.05, 0) is 37.0 Å². The number of nitrogens with zero attached hydrogens (tertiary/aromatic N) is 2. The van der Waals surface area contributed by atoms with Crippen molar-refractivity contribution in [2.24, 2.45) is 5.73 Å². The number of hydrogen-bond acceptors (Lipinski definition) is 4. The lowest BCUT2D eigenvalue weighted by atomic mass is 10.1. The average molecular weight is 298 g/mol. The Balaban J connectivity index is 1.90. The summed E-state index contributed by atoms with van der Waals surface area (Å²) in [5, 5.41) is 0. The zero-order valence-electron chi connectivity index (χ0n) is 11.5. The molecule has 0 bridgehead atoms. The van der Waals surface area contributed by atoms with Crippen LogP contribution in [0.25, 0.3) is 0 Å². The first-order valence-corrected chi connectivity index (χ1v) is 8.43. The number of hydrogen-bond donors (Lipinski definition) is 2. The van der Waals surface area contributed by atoms with E-state index in [0.717, 1.165) is 24.8 Å². The largest absolute Gasteiger partial charge is 0.329 e. The zero-order valence-corrected chi connectivity index (χ0v) is 12.3. The van der Waals surface area contributed by atoms with Gasteiger partial charge in [0.2, 0.25) is 0 Å². The molecule has 7 heteroatoms. The minimum absolute atomic E-state index is 0.0674. The minimum atomic E-state index is -3.43. The summed E-state index contributed by atoms with van der Waals surface area (Å²) in [4.78, 5) is 3.94. The third-order valence-corrected chi connectivity index (χ3v) is 5.27. The van der Waals surface area contributed by atoms with E-state index in [-0.39, 0.29) is 6.04 Å². The fraction of sp³-hybridized carbons (Fsp3) is 0.615. The van der Waals surface area contributed by atoms with Gasteiger partial charge in [0, 0.05) is 38.1 Å². The molecule has 0 spiro atoms. The fourth-order valence-corrected chi connectivity index (χ4v) is 3.96. The Morgan fingerprint density at radius 2 is 2.10 bits per heavy atom. The summed E-state index contributed by atoms with van der Waals surface area (Å²) < 4.78 is 28.8. The summed E-state index contributed by atoms with van der Waals surface area (Å²) in [6.07, 6.45) is 6.87. The molecule has 112 valence electrons. The van der Waals surface area contributed by atoms with Crippen LogP contribution in [0.5, 0.6) is 0 Å². The van der Waals surface area contributed by atoms with Crippen molar-refractivity contribution in [3.8, 4) is 0 Å². The van der Waals surface area contributed by atoms with Gasteiger partial charge in [-0.3, -0.25) is 4.98 Å². The van der Waals surface area contributed by atoms with Gasteiger partial charge in [-0.25, -0.2) is 4.72 Å². The third-order valence-electron chi connectivity index (χ3n) is 3.60. The maximum Gasteiger partial charge on any atom is 0.279 e. The molecule has 1 saturated heterocycles. The quantitative estimate of drug-likeness (QED) is 0.789. The second-order valence-corrected chi connectivity index (χ2v) is 6.71. The van der Waals surface area contributed by atoms with Crippen molar-refractivity contribution >= 4 is 10.2 Å². The lowest BCUT2D eigenvalue weighted by molar-refractivity contribution is 0.254. The summed E-state index contributed by atoms with van der Waals surface area (Å²) in [5.41, 5.74) is 6.74. The summed E-state index contributed by atoms with van der Waals surface area (Å²) >= 11 is 0. The van der Waals surface area contributed by atoms with Gasteiger partial charge in [0.05, 0.1) is 0 Å². The van der Waals surface area contributed by atoms with Gasteiger partial charge in [-0.15, -0.1) is 0 Å². The maximum absolute atomic E-state index is 12.3. The van der Waals surface area contributed by atoms with Gasteiger partial charge < -0.3 is 5.73 Å². The first-order chi connectivity index (χ1) is 9.63. The molecule has 2 heterocycles. The third kappa shape index (κ3) is 3.99. The second-order valence-electron chi connectivity index (χ2n) is 5.00. The highest BCUT2D eigenvalue weighted by Crippen LogP contribution is 2.18. The molecule has 1 aliphatic heterocycles. The number of nitrogens with one attached hydrogen (secondary N) is 1. The van der Waals surface area contributed by atoms with Gasteiger partial charge in [0.1, 0.15) is 0 Å². The summed E-state index contributed by atoms with van der Waals surface area (Å²) in [7, 11) is -3.43. The van der Waals surface area contributed by atoms with Crippen LogP contribution in [-0.4, -0.2) is 43.4 Å². The second kappa shape index (κ2) is 7.12. The van der Waals surface area contributed by atoms with Gasteiger partial charge in [-0.2, -0.15) is 12.7 Å². The van der Waals surface area contributed by atoms with E-state index in [0.29, 0.717) is 26.1 Å². The van der Waals surface area contributed by atoms with Crippen LogP contribution in [0.1, 0.15) is 24.8 Å².